The van der Waals surface area contributed by atoms with E-state index in [1.54, 1.807) is 12.1 Å². The molecule has 5 rings (SSSR count). The molecule has 0 saturated carbocycles. The lowest BCUT2D eigenvalue weighted by Gasteiger charge is -2.37. The van der Waals surface area contributed by atoms with Crippen molar-refractivity contribution in [3.8, 4) is 0 Å². The highest BCUT2D eigenvalue weighted by molar-refractivity contribution is 8.00. The molecule has 0 spiro atoms. The first-order chi connectivity index (χ1) is 13.7. The Kier molecular flexibility index (Phi) is 4.13. The van der Waals surface area contributed by atoms with E-state index in [2.05, 4.69) is 35.2 Å². The molecule has 3 aromatic rings. The van der Waals surface area contributed by atoms with E-state index in [1.165, 1.54) is 17.0 Å². The van der Waals surface area contributed by atoms with Crippen LogP contribution in [0.3, 0.4) is 0 Å². The molecule has 0 bridgehead atoms. The number of oxime groups is 1. The smallest absolute Gasteiger partial charge is 0.242 e. The van der Waals surface area contributed by atoms with Crippen molar-refractivity contribution in [2.24, 2.45) is 5.16 Å². The van der Waals surface area contributed by atoms with Crippen LogP contribution in [0.5, 0.6) is 0 Å². The van der Waals surface area contributed by atoms with Crippen LogP contribution in [0.4, 0.5) is 10.1 Å². The van der Waals surface area contributed by atoms with Gasteiger partial charge in [0.05, 0.1) is 5.69 Å². The molecule has 2 atom stereocenters. The molecule has 140 valence electrons. The van der Waals surface area contributed by atoms with Gasteiger partial charge in [-0.1, -0.05) is 66.7 Å². The predicted octanol–water partition coefficient (Wildman–Crippen LogP) is 5.76. The van der Waals surface area contributed by atoms with E-state index < -0.39 is 5.72 Å². The predicted molar refractivity (Wildman–Crippen MR) is 111 cm³/mol. The van der Waals surface area contributed by atoms with Crippen molar-refractivity contribution in [3.63, 3.8) is 0 Å². The van der Waals surface area contributed by atoms with Crippen LogP contribution in [0, 0.1) is 5.82 Å². The second-order valence-electron chi connectivity index (χ2n) is 7.10. The average molecular weight is 390 g/mol. The zero-order valence-electron chi connectivity index (χ0n) is 15.4. The van der Waals surface area contributed by atoms with Crippen molar-refractivity contribution in [3.05, 3.63) is 95.8 Å². The monoisotopic (exact) mass is 390 g/mol. The van der Waals surface area contributed by atoms with Gasteiger partial charge in [-0.3, -0.25) is 4.90 Å². The summed E-state index contributed by atoms with van der Waals surface area (Å²) in [5.74, 6) is 0.511. The lowest BCUT2D eigenvalue weighted by atomic mass is 9.94. The van der Waals surface area contributed by atoms with E-state index >= 15 is 0 Å². The SMILES string of the molecule is C[C@H]1C[C@]2(c3ccc(F)cc3)ON=C(c3ccccc3)N2c2ccccc2S1. The minimum Gasteiger partial charge on any atom is -0.360 e. The van der Waals surface area contributed by atoms with E-state index in [-0.39, 0.29) is 5.82 Å². The molecule has 0 aliphatic carbocycles. The Hall–Kier alpha value is -2.79. The zero-order chi connectivity index (χ0) is 19.1. The van der Waals surface area contributed by atoms with E-state index in [4.69, 9.17) is 4.84 Å². The van der Waals surface area contributed by atoms with E-state index in [1.807, 2.05) is 48.2 Å². The van der Waals surface area contributed by atoms with Crippen molar-refractivity contribution in [2.45, 2.75) is 29.2 Å². The number of rotatable bonds is 2. The van der Waals surface area contributed by atoms with E-state index in [0.717, 1.165) is 29.1 Å². The van der Waals surface area contributed by atoms with Gasteiger partial charge in [-0.2, -0.15) is 0 Å². The zero-order valence-corrected chi connectivity index (χ0v) is 16.2. The Morgan fingerprint density at radius 2 is 1.71 bits per heavy atom. The number of para-hydroxylation sites is 1. The van der Waals surface area contributed by atoms with Gasteiger partial charge >= 0.3 is 0 Å². The van der Waals surface area contributed by atoms with Crippen LogP contribution in [0.25, 0.3) is 0 Å². The first-order valence-corrected chi connectivity index (χ1v) is 10.2. The summed E-state index contributed by atoms with van der Waals surface area (Å²) in [6, 6.07) is 25.0. The number of benzene rings is 3. The van der Waals surface area contributed by atoms with Crippen molar-refractivity contribution in [1.82, 2.24) is 0 Å². The molecule has 0 amide bonds. The van der Waals surface area contributed by atoms with Gasteiger partial charge in [0.1, 0.15) is 5.82 Å². The van der Waals surface area contributed by atoms with Crippen molar-refractivity contribution in [1.29, 1.82) is 0 Å². The number of halogens is 1. The lowest BCUT2D eigenvalue weighted by molar-refractivity contribution is -0.0274. The van der Waals surface area contributed by atoms with Gasteiger partial charge in [0.15, 0.2) is 5.84 Å². The minimum atomic E-state index is -0.808. The fraction of sp³-hybridized carbons (Fsp3) is 0.174. The van der Waals surface area contributed by atoms with E-state index in [0.29, 0.717) is 5.25 Å². The summed E-state index contributed by atoms with van der Waals surface area (Å²) in [4.78, 5) is 9.59. The molecule has 3 aromatic carbocycles. The summed E-state index contributed by atoms with van der Waals surface area (Å²) in [6.07, 6.45) is 0.720. The van der Waals surface area contributed by atoms with Crippen LogP contribution in [0.2, 0.25) is 0 Å². The van der Waals surface area contributed by atoms with Crippen LogP contribution in [0.15, 0.2) is 88.9 Å². The number of fused-ring (bicyclic) bond motifs is 3. The Morgan fingerprint density at radius 3 is 2.50 bits per heavy atom. The minimum absolute atomic E-state index is 0.259. The average Bonchev–Trinajstić information content (AvgIpc) is 3.03. The molecule has 2 aliphatic heterocycles. The van der Waals surface area contributed by atoms with Crippen molar-refractivity contribution >= 4 is 23.3 Å². The highest BCUT2D eigenvalue weighted by Crippen LogP contribution is 2.51. The third-order valence-corrected chi connectivity index (χ3v) is 6.35. The van der Waals surface area contributed by atoms with Gasteiger partial charge in [0.2, 0.25) is 5.72 Å². The second-order valence-corrected chi connectivity index (χ2v) is 8.58. The van der Waals surface area contributed by atoms with Gasteiger partial charge in [-0.15, -0.1) is 11.8 Å². The third kappa shape index (κ3) is 2.69. The van der Waals surface area contributed by atoms with Gasteiger partial charge in [-0.05, 0) is 24.3 Å². The molecule has 28 heavy (non-hydrogen) atoms. The Balaban J connectivity index is 1.74. The molecule has 3 nitrogen and oxygen atoms in total. The summed E-state index contributed by atoms with van der Waals surface area (Å²) in [5, 5.41) is 4.83. The number of anilines is 1. The highest BCUT2D eigenvalue weighted by atomic mass is 32.2. The largest absolute Gasteiger partial charge is 0.360 e. The molecule has 2 heterocycles. The molecule has 0 radical (unpaired) electrons. The molecule has 0 saturated heterocycles. The fourth-order valence-electron chi connectivity index (χ4n) is 3.98. The number of thioether (sulfide) groups is 1. The van der Waals surface area contributed by atoms with Crippen LogP contribution < -0.4 is 4.90 Å². The molecule has 5 heteroatoms. The van der Waals surface area contributed by atoms with Crippen LogP contribution in [-0.2, 0) is 10.6 Å². The number of nitrogens with zero attached hydrogens (tertiary/aromatic N) is 2. The molecular formula is C23H19FN2OS. The number of amidine groups is 1. The standard InChI is InChI=1S/C23H19FN2OS/c1-16-15-23(18-11-13-19(24)14-12-18)26(20-9-5-6-10-21(20)28-16)22(25-27-23)17-7-3-2-4-8-17/h2-14,16H,15H2,1H3/t16-,23+/m0/s1. The number of hydrogen-bond donors (Lipinski definition) is 0. The molecule has 0 fully saturated rings. The van der Waals surface area contributed by atoms with Gasteiger partial charge in [-0.25, -0.2) is 4.39 Å². The Bertz CT molecular complexity index is 1040. The van der Waals surface area contributed by atoms with Crippen molar-refractivity contribution < 1.29 is 9.23 Å². The molecule has 0 aromatic heterocycles. The van der Waals surface area contributed by atoms with Gasteiger partial charge < -0.3 is 4.84 Å². The third-order valence-electron chi connectivity index (χ3n) is 5.18. The molecular weight excluding hydrogens is 371 g/mol. The summed E-state index contributed by atoms with van der Waals surface area (Å²) in [6.45, 7) is 2.19. The molecule has 0 N–H and O–H groups in total. The quantitative estimate of drug-likeness (QED) is 0.556. The first kappa shape index (κ1) is 17.3. The highest BCUT2D eigenvalue weighted by Gasteiger charge is 2.52. The summed E-state index contributed by atoms with van der Waals surface area (Å²) in [5.41, 5.74) is 2.13. The first-order valence-electron chi connectivity index (χ1n) is 9.31. The Labute approximate surface area is 167 Å². The molecule has 0 unspecified atom stereocenters. The topological polar surface area (TPSA) is 24.8 Å². The fourth-order valence-corrected chi connectivity index (χ4v) is 5.16. The maximum atomic E-state index is 13.6. The number of hydrogen-bond acceptors (Lipinski definition) is 4. The maximum Gasteiger partial charge on any atom is 0.242 e. The van der Waals surface area contributed by atoms with Crippen LogP contribution >= 0.6 is 11.8 Å². The summed E-state index contributed by atoms with van der Waals surface area (Å²) >= 11 is 1.83. The Morgan fingerprint density at radius 1 is 1.00 bits per heavy atom. The van der Waals surface area contributed by atoms with Gasteiger partial charge in [0.25, 0.3) is 0 Å². The second kappa shape index (κ2) is 6.67. The lowest BCUT2D eigenvalue weighted by Crippen LogP contribution is -2.47. The molecule has 2 aliphatic rings. The maximum absolute atomic E-state index is 13.6. The normalized spacial score (nSPS) is 23.3. The van der Waals surface area contributed by atoms with Crippen LogP contribution in [0.1, 0.15) is 24.5 Å². The summed E-state index contributed by atoms with van der Waals surface area (Å²) in [7, 11) is 0. The van der Waals surface area contributed by atoms with Gasteiger partial charge in [0, 0.05) is 27.7 Å². The van der Waals surface area contributed by atoms with Crippen LogP contribution in [-0.4, -0.2) is 11.1 Å². The summed E-state index contributed by atoms with van der Waals surface area (Å²) < 4.78 is 13.6. The van der Waals surface area contributed by atoms with Crippen molar-refractivity contribution in [2.75, 3.05) is 4.90 Å². The van der Waals surface area contributed by atoms with E-state index in [9.17, 15) is 4.39 Å².